The van der Waals surface area contributed by atoms with Gasteiger partial charge in [-0.25, -0.2) is 0 Å². The fraction of sp³-hybridized carbons (Fsp3) is 0.100. The van der Waals surface area contributed by atoms with Gasteiger partial charge in [0.25, 0.3) is 0 Å². The molecular weight excluding hydrogens is 301 g/mol. The summed E-state index contributed by atoms with van der Waals surface area (Å²) in [6, 6.07) is 27.6. The standard InChI is InChI=1S/C20H20NOP/c1-21-19-14-13-16(22-2)15-20(19)23(17-9-5-3-6-10-17)18-11-7-4-8-12-18/h3-15,21H,1-2H3. The van der Waals surface area contributed by atoms with E-state index in [4.69, 9.17) is 4.74 Å². The molecule has 0 fully saturated rings. The molecule has 3 aromatic carbocycles. The third-order valence-corrected chi connectivity index (χ3v) is 6.22. The Labute approximate surface area is 138 Å². The number of benzene rings is 3. The zero-order valence-corrected chi connectivity index (χ0v) is 14.3. The predicted octanol–water partition coefficient (Wildman–Crippen LogP) is 3.50. The Morgan fingerprint density at radius 3 is 1.83 bits per heavy atom. The molecule has 0 atom stereocenters. The molecule has 0 bridgehead atoms. The van der Waals surface area contributed by atoms with E-state index in [-0.39, 0.29) is 0 Å². The van der Waals surface area contributed by atoms with Crippen LogP contribution >= 0.6 is 7.92 Å². The fourth-order valence-electron chi connectivity index (χ4n) is 2.62. The molecule has 3 heteroatoms. The number of ether oxygens (including phenoxy) is 1. The minimum absolute atomic E-state index is 0.637. The number of hydrogen-bond acceptors (Lipinski definition) is 2. The van der Waals surface area contributed by atoms with E-state index in [1.54, 1.807) is 7.11 Å². The summed E-state index contributed by atoms with van der Waals surface area (Å²) in [5.41, 5.74) is 1.14. The Bertz CT molecular complexity index is 720. The molecule has 1 N–H and O–H groups in total. The maximum absolute atomic E-state index is 5.46. The van der Waals surface area contributed by atoms with Gasteiger partial charge in [-0.05, 0) is 36.7 Å². The molecule has 116 valence electrons. The minimum Gasteiger partial charge on any atom is -0.497 e. The molecule has 0 aliphatic heterocycles. The van der Waals surface area contributed by atoms with Crippen LogP contribution in [0.5, 0.6) is 5.75 Å². The predicted molar refractivity (Wildman–Crippen MR) is 101 cm³/mol. The zero-order chi connectivity index (χ0) is 16.1. The van der Waals surface area contributed by atoms with Crippen molar-refractivity contribution in [1.82, 2.24) is 0 Å². The van der Waals surface area contributed by atoms with Gasteiger partial charge in [0, 0.05) is 18.0 Å². The molecule has 0 unspecified atom stereocenters. The first-order chi connectivity index (χ1) is 11.3. The molecule has 0 radical (unpaired) electrons. The Kier molecular flexibility index (Phi) is 4.95. The van der Waals surface area contributed by atoms with Gasteiger partial charge in [0.05, 0.1) is 7.11 Å². The molecule has 0 amide bonds. The van der Waals surface area contributed by atoms with Crippen LogP contribution in [0, 0.1) is 0 Å². The van der Waals surface area contributed by atoms with Crippen LogP contribution < -0.4 is 26.0 Å². The summed E-state index contributed by atoms with van der Waals surface area (Å²) in [7, 11) is 3.04. The van der Waals surface area contributed by atoms with Crippen molar-refractivity contribution >= 4 is 29.5 Å². The number of hydrogen-bond donors (Lipinski definition) is 1. The van der Waals surface area contributed by atoms with Crippen LogP contribution in [0.25, 0.3) is 0 Å². The van der Waals surface area contributed by atoms with Crippen molar-refractivity contribution in [2.45, 2.75) is 0 Å². The van der Waals surface area contributed by atoms with Crippen molar-refractivity contribution in [2.75, 3.05) is 19.5 Å². The number of methoxy groups -OCH3 is 1. The quantitative estimate of drug-likeness (QED) is 0.726. The molecule has 23 heavy (non-hydrogen) atoms. The van der Waals surface area contributed by atoms with E-state index >= 15 is 0 Å². The molecule has 0 heterocycles. The summed E-state index contributed by atoms with van der Waals surface area (Å²) in [5, 5.41) is 7.27. The van der Waals surface area contributed by atoms with Gasteiger partial charge < -0.3 is 10.1 Å². The van der Waals surface area contributed by atoms with Crippen LogP contribution in [0.1, 0.15) is 0 Å². The molecular formula is C20H20NOP. The smallest absolute Gasteiger partial charge is 0.119 e. The molecule has 0 aliphatic rings. The molecule has 0 aromatic heterocycles. The second-order valence-corrected chi connectivity index (χ2v) is 7.33. The van der Waals surface area contributed by atoms with Gasteiger partial charge in [0.15, 0.2) is 0 Å². The highest BCUT2D eigenvalue weighted by atomic mass is 31.1. The van der Waals surface area contributed by atoms with E-state index in [2.05, 4.69) is 78.1 Å². The SMILES string of the molecule is CNc1ccc(OC)cc1P(c1ccccc1)c1ccccc1. The molecule has 0 aliphatic carbocycles. The van der Waals surface area contributed by atoms with Gasteiger partial charge in [-0.1, -0.05) is 60.7 Å². The van der Waals surface area contributed by atoms with E-state index in [1.807, 2.05) is 13.1 Å². The summed E-state index contributed by atoms with van der Waals surface area (Å²) < 4.78 is 5.46. The largest absolute Gasteiger partial charge is 0.497 e. The Morgan fingerprint density at radius 1 is 0.783 bits per heavy atom. The molecule has 2 nitrogen and oxygen atoms in total. The second kappa shape index (κ2) is 7.30. The third kappa shape index (κ3) is 3.38. The first-order valence-corrected chi connectivity index (χ1v) is 8.93. The van der Waals surface area contributed by atoms with E-state index < -0.39 is 7.92 Å². The van der Waals surface area contributed by atoms with Gasteiger partial charge in [-0.3, -0.25) is 0 Å². The first-order valence-electron chi connectivity index (χ1n) is 7.59. The van der Waals surface area contributed by atoms with Crippen molar-refractivity contribution in [3.63, 3.8) is 0 Å². The van der Waals surface area contributed by atoms with Crippen LogP contribution in [0.3, 0.4) is 0 Å². The van der Waals surface area contributed by atoms with Crippen molar-refractivity contribution in [1.29, 1.82) is 0 Å². The van der Waals surface area contributed by atoms with Crippen LogP contribution in [-0.4, -0.2) is 14.2 Å². The average Bonchev–Trinajstić information content (AvgIpc) is 2.63. The van der Waals surface area contributed by atoms with E-state index in [9.17, 15) is 0 Å². The van der Waals surface area contributed by atoms with Crippen molar-refractivity contribution in [3.8, 4) is 5.75 Å². The fourth-order valence-corrected chi connectivity index (χ4v) is 5.09. The Hall–Kier alpha value is -2.31. The first kappa shape index (κ1) is 15.6. The lowest BCUT2D eigenvalue weighted by atomic mass is 10.3. The van der Waals surface area contributed by atoms with Crippen molar-refractivity contribution in [3.05, 3.63) is 78.9 Å². The maximum Gasteiger partial charge on any atom is 0.119 e. The van der Waals surface area contributed by atoms with Crippen molar-refractivity contribution < 1.29 is 4.74 Å². The zero-order valence-electron chi connectivity index (χ0n) is 13.4. The number of nitrogens with one attached hydrogen (secondary N) is 1. The topological polar surface area (TPSA) is 21.3 Å². The number of rotatable bonds is 5. The van der Waals surface area contributed by atoms with E-state index in [1.165, 1.54) is 15.9 Å². The van der Waals surface area contributed by atoms with E-state index in [0.29, 0.717) is 0 Å². The van der Waals surface area contributed by atoms with Gasteiger partial charge in [0.1, 0.15) is 5.75 Å². The van der Waals surface area contributed by atoms with Crippen LogP contribution in [0.2, 0.25) is 0 Å². The highest BCUT2D eigenvalue weighted by molar-refractivity contribution is 7.80. The van der Waals surface area contributed by atoms with Crippen molar-refractivity contribution in [2.24, 2.45) is 0 Å². The summed E-state index contributed by atoms with van der Waals surface area (Å²) in [4.78, 5) is 0. The molecule has 3 aromatic rings. The van der Waals surface area contributed by atoms with Crippen LogP contribution in [0.4, 0.5) is 5.69 Å². The van der Waals surface area contributed by atoms with Gasteiger partial charge in [-0.15, -0.1) is 0 Å². The summed E-state index contributed by atoms with van der Waals surface area (Å²) in [6.45, 7) is 0. The summed E-state index contributed by atoms with van der Waals surface area (Å²) in [6.07, 6.45) is 0. The molecule has 0 spiro atoms. The Balaban J connectivity index is 2.20. The molecule has 0 saturated heterocycles. The van der Waals surface area contributed by atoms with Gasteiger partial charge in [0.2, 0.25) is 0 Å². The lowest BCUT2D eigenvalue weighted by molar-refractivity contribution is 0.415. The summed E-state index contributed by atoms with van der Waals surface area (Å²) >= 11 is 0. The molecule has 0 saturated carbocycles. The Morgan fingerprint density at radius 2 is 1.35 bits per heavy atom. The lowest BCUT2D eigenvalue weighted by Gasteiger charge is -2.22. The van der Waals surface area contributed by atoms with Gasteiger partial charge >= 0.3 is 0 Å². The van der Waals surface area contributed by atoms with Crippen LogP contribution in [-0.2, 0) is 0 Å². The monoisotopic (exact) mass is 321 g/mol. The average molecular weight is 321 g/mol. The minimum atomic E-state index is -0.637. The maximum atomic E-state index is 5.46. The third-order valence-electron chi connectivity index (χ3n) is 3.74. The van der Waals surface area contributed by atoms with Crippen LogP contribution in [0.15, 0.2) is 78.9 Å². The van der Waals surface area contributed by atoms with Gasteiger partial charge in [-0.2, -0.15) is 0 Å². The van der Waals surface area contributed by atoms with E-state index in [0.717, 1.165) is 11.4 Å². The second-order valence-electron chi connectivity index (χ2n) is 5.14. The highest BCUT2D eigenvalue weighted by Crippen LogP contribution is 2.36. The highest BCUT2D eigenvalue weighted by Gasteiger charge is 2.19. The normalized spacial score (nSPS) is 10.6. The number of anilines is 1. The lowest BCUT2D eigenvalue weighted by Crippen LogP contribution is -2.22. The molecule has 3 rings (SSSR count). The summed E-state index contributed by atoms with van der Waals surface area (Å²) in [5.74, 6) is 0.887.